The van der Waals surface area contributed by atoms with Crippen molar-refractivity contribution in [1.29, 1.82) is 0 Å². The maximum Gasteiger partial charge on any atom is 0.200 e. The molecule has 0 fully saturated rings. The summed E-state index contributed by atoms with van der Waals surface area (Å²) >= 11 is 0. The van der Waals surface area contributed by atoms with Gasteiger partial charge in [-0.3, -0.25) is 4.79 Å². The number of methoxy groups -OCH3 is 2. The van der Waals surface area contributed by atoms with Crippen molar-refractivity contribution in [2.24, 2.45) is 0 Å². The van der Waals surface area contributed by atoms with Gasteiger partial charge in [-0.15, -0.1) is 0 Å². The van der Waals surface area contributed by atoms with Gasteiger partial charge in [0.15, 0.2) is 5.78 Å². The van der Waals surface area contributed by atoms with E-state index in [0.29, 0.717) is 102 Å². The van der Waals surface area contributed by atoms with Crippen molar-refractivity contribution in [1.82, 2.24) is 0 Å². The zero-order valence-corrected chi connectivity index (χ0v) is 21.3. The molecule has 2 aromatic carbocycles. The van der Waals surface area contributed by atoms with Crippen molar-refractivity contribution in [2.45, 2.75) is 0 Å². The molecule has 0 saturated carbocycles. The summed E-state index contributed by atoms with van der Waals surface area (Å²) in [5.74, 6) is 0.809. The lowest BCUT2D eigenvalue weighted by Gasteiger charge is -2.14. The summed E-state index contributed by atoms with van der Waals surface area (Å²) in [6, 6.07) is 14.3. The average Bonchev–Trinajstić information content (AvgIpc) is 2.91. The molecule has 9 nitrogen and oxygen atoms in total. The predicted octanol–water partition coefficient (Wildman–Crippen LogP) is 3.03. The highest BCUT2D eigenvalue weighted by molar-refractivity contribution is 6.12. The fourth-order valence-electron chi connectivity index (χ4n) is 3.05. The van der Waals surface area contributed by atoms with Gasteiger partial charge in [-0.2, -0.15) is 0 Å². The van der Waals surface area contributed by atoms with Crippen LogP contribution in [0.4, 0.5) is 0 Å². The molecule has 0 aromatic heterocycles. The number of ether oxygens (including phenoxy) is 8. The van der Waals surface area contributed by atoms with Crippen LogP contribution in [0.3, 0.4) is 0 Å². The lowest BCUT2D eigenvalue weighted by atomic mass is 10.0. The Morgan fingerprint density at radius 2 is 0.833 bits per heavy atom. The topological polar surface area (TPSA) is 90.9 Å². The molecule has 0 aliphatic carbocycles. The quantitative estimate of drug-likeness (QED) is 0.177. The van der Waals surface area contributed by atoms with Crippen molar-refractivity contribution in [2.75, 3.05) is 93.5 Å². The smallest absolute Gasteiger partial charge is 0.200 e. The van der Waals surface area contributed by atoms with Crippen LogP contribution >= 0.6 is 0 Å². The second kappa shape index (κ2) is 19.6. The Kier molecular flexibility index (Phi) is 16.2. The molecule has 0 N–H and O–H groups in total. The molecule has 2 rings (SSSR count). The first-order valence-electron chi connectivity index (χ1n) is 12.0. The largest absolute Gasteiger partial charge is 0.490 e. The van der Waals surface area contributed by atoms with E-state index in [1.54, 1.807) is 50.6 Å². The summed E-state index contributed by atoms with van der Waals surface area (Å²) in [4.78, 5) is 13.3. The van der Waals surface area contributed by atoms with Gasteiger partial charge in [-0.1, -0.05) is 24.3 Å². The van der Waals surface area contributed by atoms with Gasteiger partial charge >= 0.3 is 0 Å². The molecule has 0 heterocycles. The molecule has 0 aliphatic heterocycles. The van der Waals surface area contributed by atoms with Gasteiger partial charge in [0, 0.05) is 14.2 Å². The normalized spacial score (nSPS) is 10.9. The first kappa shape index (κ1) is 29.7. The highest BCUT2D eigenvalue weighted by Crippen LogP contribution is 2.26. The van der Waals surface area contributed by atoms with Crippen LogP contribution in [0.15, 0.2) is 48.5 Å². The van der Waals surface area contributed by atoms with Gasteiger partial charge in [0.1, 0.15) is 24.7 Å². The van der Waals surface area contributed by atoms with Crippen molar-refractivity contribution in [3.8, 4) is 11.5 Å². The molecule has 0 atom stereocenters. The zero-order valence-electron chi connectivity index (χ0n) is 21.3. The molecular formula is C27H38O9. The highest BCUT2D eigenvalue weighted by atomic mass is 16.6. The summed E-state index contributed by atoms with van der Waals surface area (Å²) in [5.41, 5.74) is 0.918. The Hall–Kier alpha value is -2.53. The van der Waals surface area contributed by atoms with Crippen LogP contribution in [0, 0.1) is 0 Å². The van der Waals surface area contributed by atoms with Gasteiger partial charge in [-0.05, 0) is 24.3 Å². The molecular weight excluding hydrogens is 468 g/mol. The Bertz CT molecular complexity index is 776. The van der Waals surface area contributed by atoms with E-state index >= 15 is 0 Å². The van der Waals surface area contributed by atoms with E-state index in [9.17, 15) is 4.79 Å². The third-order valence-electron chi connectivity index (χ3n) is 4.84. The highest BCUT2D eigenvalue weighted by Gasteiger charge is 2.18. The molecule has 0 spiro atoms. The lowest BCUT2D eigenvalue weighted by Crippen LogP contribution is -2.14. The average molecular weight is 507 g/mol. The molecule has 36 heavy (non-hydrogen) atoms. The van der Waals surface area contributed by atoms with Crippen molar-refractivity contribution >= 4 is 5.78 Å². The van der Waals surface area contributed by atoms with Gasteiger partial charge in [0.05, 0.1) is 77.2 Å². The minimum absolute atomic E-state index is 0.180. The summed E-state index contributed by atoms with van der Waals surface area (Å²) in [7, 11) is 3.26. The number of carbonyl (C=O) groups excluding carboxylic acids is 1. The number of carbonyl (C=O) groups is 1. The zero-order chi connectivity index (χ0) is 25.7. The molecule has 0 unspecified atom stereocenters. The van der Waals surface area contributed by atoms with E-state index in [4.69, 9.17) is 37.9 Å². The van der Waals surface area contributed by atoms with Gasteiger partial charge < -0.3 is 37.9 Å². The summed E-state index contributed by atoms with van der Waals surface area (Å²) in [5, 5.41) is 0. The van der Waals surface area contributed by atoms with Crippen LogP contribution in [0.5, 0.6) is 11.5 Å². The molecule has 0 amide bonds. The Balaban J connectivity index is 1.79. The molecule has 200 valence electrons. The molecule has 0 bridgehead atoms. The van der Waals surface area contributed by atoms with Crippen LogP contribution in [0.2, 0.25) is 0 Å². The van der Waals surface area contributed by atoms with Crippen molar-refractivity contribution < 1.29 is 42.7 Å². The minimum atomic E-state index is -0.180. The Morgan fingerprint density at radius 3 is 1.22 bits per heavy atom. The van der Waals surface area contributed by atoms with Crippen LogP contribution < -0.4 is 9.47 Å². The first-order valence-corrected chi connectivity index (χ1v) is 12.0. The molecule has 0 radical (unpaired) electrons. The standard InChI is InChI=1S/C27H38O9/c1-29-11-13-31-15-17-33-19-21-35-25-9-5-3-7-23(25)27(28)24-8-4-6-10-26(24)36-22-20-34-18-16-32-14-12-30-2/h3-10H,11-22H2,1-2H3. The third kappa shape index (κ3) is 11.9. The summed E-state index contributed by atoms with van der Waals surface area (Å²) in [6.07, 6.45) is 0. The van der Waals surface area contributed by atoms with Crippen molar-refractivity contribution in [3.63, 3.8) is 0 Å². The van der Waals surface area contributed by atoms with E-state index in [1.165, 1.54) is 0 Å². The lowest BCUT2D eigenvalue weighted by molar-refractivity contribution is 0.0178. The predicted molar refractivity (Wildman–Crippen MR) is 134 cm³/mol. The summed E-state index contributed by atoms with van der Waals surface area (Å²) in [6.45, 7) is 5.47. The monoisotopic (exact) mass is 506 g/mol. The van der Waals surface area contributed by atoms with E-state index in [1.807, 2.05) is 12.1 Å². The van der Waals surface area contributed by atoms with Crippen LogP contribution in [-0.2, 0) is 28.4 Å². The van der Waals surface area contributed by atoms with E-state index in [-0.39, 0.29) is 5.78 Å². The van der Waals surface area contributed by atoms with Crippen LogP contribution in [0.1, 0.15) is 15.9 Å². The number of benzene rings is 2. The van der Waals surface area contributed by atoms with E-state index in [2.05, 4.69) is 0 Å². The van der Waals surface area contributed by atoms with Crippen LogP contribution in [0.25, 0.3) is 0 Å². The fourth-order valence-corrected chi connectivity index (χ4v) is 3.05. The summed E-state index contributed by atoms with van der Waals surface area (Å²) < 4.78 is 43.2. The Labute approximate surface area is 213 Å². The van der Waals surface area contributed by atoms with Gasteiger partial charge in [-0.25, -0.2) is 0 Å². The second-order valence-electron chi connectivity index (χ2n) is 7.45. The van der Waals surface area contributed by atoms with Crippen LogP contribution in [-0.4, -0.2) is 99.3 Å². The maximum atomic E-state index is 13.3. The molecule has 9 heteroatoms. The minimum Gasteiger partial charge on any atom is -0.490 e. The fraction of sp³-hybridized carbons (Fsp3) is 0.519. The number of hydrogen-bond donors (Lipinski definition) is 0. The van der Waals surface area contributed by atoms with Gasteiger partial charge in [0.2, 0.25) is 0 Å². The maximum absolute atomic E-state index is 13.3. The molecule has 0 saturated heterocycles. The number of ketones is 1. The van der Waals surface area contributed by atoms with E-state index < -0.39 is 0 Å². The van der Waals surface area contributed by atoms with Gasteiger partial charge in [0.25, 0.3) is 0 Å². The van der Waals surface area contributed by atoms with E-state index in [0.717, 1.165) is 0 Å². The molecule has 0 aliphatic rings. The SMILES string of the molecule is COCCOCCOCCOc1ccccc1C(=O)c1ccccc1OCCOCCOCCOC. The number of rotatable bonds is 22. The number of para-hydroxylation sites is 2. The first-order chi connectivity index (χ1) is 17.8. The number of hydrogen-bond acceptors (Lipinski definition) is 9. The second-order valence-corrected chi connectivity index (χ2v) is 7.45. The van der Waals surface area contributed by atoms with Crippen molar-refractivity contribution in [3.05, 3.63) is 59.7 Å². The third-order valence-corrected chi connectivity index (χ3v) is 4.84. The Morgan fingerprint density at radius 1 is 0.500 bits per heavy atom. The molecule has 2 aromatic rings.